The molecule has 1 N–H and O–H groups in total. The molecule has 4 amide bonds. The van der Waals surface area contributed by atoms with Gasteiger partial charge in [0, 0.05) is 18.1 Å². The van der Waals surface area contributed by atoms with E-state index in [-0.39, 0.29) is 24.9 Å². The van der Waals surface area contributed by atoms with E-state index in [1.54, 1.807) is 18.2 Å². The zero-order chi connectivity index (χ0) is 24.0. The summed E-state index contributed by atoms with van der Waals surface area (Å²) in [5.41, 5.74) is 1.76. The van der Waals surface area contributed by atoms with E-state index in [0.717, 1.165) is 10.5 Å². The first-order valence-electron chi connectivity index (χ1n) is 10.7. The van der Waals surface area contributed by atoms with E-state index in [4.69, 9.17) is 16.0 Å². The lowest BCUT2D eigenvalue weighted by Gasteiger charge is -2.26. The number of hydrogen-bond acceptors (Lipinski definition) is 5. The van der Waals surface area contributed by atoms with Gasteiger partial charge in [0.2, 0.25) is 0 Å². The molecule has 174 valence electrons. The molecule has 0 aliphatic heterocycles. The van der Waals surface area contributed by atoms with Crippen LogP contribution in [0.15, 0.2) is 52.9 Å². The molecule has 2 aromatic carbocycles. The summed E-state index contributed by atoms with van der Waals surface area (Å²) in [7, 11) is 0. The molecule has 1 heterocycles. The number of hydrogen-bond donors (Lipinski definition) is 1. The number of amides is 4. The molecule has 1 aromatic heterocycles. The minimum absolute atomic E-state index is 0.0114. The molecule has 0 saturated carbocycles. The van der Waals surface area contributed by atoms with Gasteiger partial charge in [-0.3, -0.25) is 9.69 Å². The molecule has 0 radical (unpaired) electrons. The maximum atomic E-state index is 13.2. The van der Waals surface area contributed by atoms with Gasteiger partial charge in [0.1, 0.15) is 5.52 Å². The van der Waals surface area contributed by atoms with Crippen LogP contribution in [0.1, 0.15) is 42.9 Å². The summed E-state index contributed by atoms with van der Waals surface area (Å²) >= 11 is 5.98. The summed E-state index contributed by atoms with van der Waals surface area (Å²) in [5.74, 6) is -0.908. The van der Waals surface area contributed by atoms with Crippen LogP contribution in [0, 0.1) is 5.92 Å². The number of carbonyl (C=O) groups is 3. The zero-order valence-corrected chi connectivity index (χ0v) is 19.3. The molecule has 0 spiro atoms. The fourth-order valence-electron chi connectivity index (χ4n) is 3.28. The number of aromatic nitrogens is 1. The van der Waals surface area contributed by atoms with Gasteiger partial charge in [-0.1, -0.05) is 55.8 Å². The smallest absolute Gasteiger partial charge is 0.415 e. The number of nitrogens with zero attached hydrogens (tertiary/aromatic N) is 3. The Kier molecular flexibility index (Phi) is 8.06. The Morgan fingerprint density at radius 1 is 1.06 bits per heavy atom. The van der Waals surface area contributed by atoms with Gasteiger partial charge in [-0.05, 0) is 48.9 Å². The predicted molar refractivity (Wildman–Crippen MR) is 124 cm³/mol. The molecule has 0 fully saturated rings. The number of imide groups is 2. The van der Waals surface area contributed by atoms with Crippen LogP contribution < -0.4 is 0 Å². The summed E-state index contributed by atoms with van der Waals surface area (Å²) in [6.07, 6.45) is 0.127. The molecular weight excluding hydrogens is 446 g/mol. The first-order chi connectivity index (χ1) is 15.8. The third kappa shape index (κ3) is 6.32. The highest BCUT2D eigenvalue weighted by atomic mass is 35.5. The molecule has 33 heavy (non-hydrogen) atoms. The van der Waals surface area contributed by atoms with Crippen molar-refractivity contribution in [1.82, 2.24) is 14.8 Å². The van der Waals surface area contributed by atoms with Crippen LogP contribution in [0.5, 0.6) is 0 Å². The summed E-state index contributed by atoms with van der Waals surface area (Å²) in [5, 5.41) is 10.0. The fourth-order valence-corrected chi connectivity index (χ4v) is 3.45. The van der Waals surface area contributed by atoms with E-state index < -0.39 is 18.0 Å². The number of halogens is 1. The van der Waals surface area contributed by atoms with Crippen LogP contribution in [0.3, 0.4) is 0 Å². The monoisotopic (exact) mass is 471 g/mol. The number of benzene rings is 2. The zero-order valence-electron chi connectivity index (χ0n) is 18.5. The first kappa shape index (κ1) is 24.3. The number of urea groups is 1. The van der Waals surface area contributed by atoms with E-state index in [2.05, 4.69) is 4.98 Å². The molecule has 0 aliphatic carbocycles. The first-order valence-corrected chi connectivity index (χ1v) is 11.1. The number of carboxylic acid groups (broad SMARTS) is 1. The Morgan fingerprint density at radius 3 is 2.45 bits per heavy atom. The second kappa shape index (κ2) is 11.0. The van der Waals surface area contributed by atoms with Gasteiger partial charge in [-0.25, -0.2) is 19.5 Å². The van der Waals surface area contributed by atoms with Gasteiger partial charge in [0.05, 0.1) is 0 Å². The predicted octanol–water partition coefficient (Wildman–Crippen LogP) is 5.70. The van der Waals surface area contributed by atoms with Crippen LogP contribution in [-0.4, -0.2) is 51.0 Å². The molecule has 0 saturated heterocycles. The highest BCUT2D eigenvalue weighted by molar-refractivity contribution is 6.31. The Morgan fingerprint density at radius 2 is 1.79 bits per heavy atom. The van der Waals surface area contributed by atoms with E-state index >= 15 is 0 Å². The molecular formula is C24H26ClN3O5. The van der Waals surface area contributed by atoms with Crippen LogP contribution in [-0.2, 0) is 6.42 Å². The van der Waals surface area contributed by atoms with Crippen LogP contribution >= 0.6 is 11.6 Å². The van der Waals surface area contributed by atoms with E-state index in [1.807, 2.05) is 44.2 Å². The molecule has 0 aliphatic rings. The van der Waals surface area contributed by atoms with Crippen molar-refractivity contribution in [1.29, 1.82) is 0 Å². The molecule has 0 bridgehead atoms. The van der Waals surface area contributed by atoms with Crippen LogP contribution in [0.25, 0.3) is 11.1 Å². The second-order valence-corrected chi connectivity index (χ2v) is 8.51. The van der Waals surface area contributed by atoms with Crippen molar-refractivity contribution >= 4 is 40.7 Å². The van der Waals surface area contributed by atoms with E-state index in [1.165, 1.54) is 0 Å². The number of fused-ring (bicyclic) bond motifs is 1. The summed E-state index contributed by atoms with van der Waals surface area (Å²) in [6, 6.07) is 13.4. The molecule has 0 unspecified atom stereocenters. The maximum absolute atomic E-state index is 13.2. The van der Waals surface area contributed by atoms with Crippen molar-refractivity contribution in [3.63, 3.8) is 0 Å². The number of oxazole rings is 1. The minimum atomic E-state index is -1.41. The molecule has 3 aromatic rings. The quantitative estimate of drug-likeness (QED) is 0.451. The largest absolute Gasteiger partial charge is 0.465 e. The van der Waals surface area contributed by atoms with Gasteiger partial charge in [0.15, 0.2) is 5.58 Å². The topological polar surface area (TPSA) is 104 Å². The molecule has 8 nitrogen and oxygen atoms in total. The van der Waals surface area contributed by atoms with Crippen molar-refractivity contribution in [2.45, 2.75) is 33.1 Å². The lowest BCUT2D eigenvalue weighted by molar-refractivity contribution is 0.0717. The van der Waals surface area contributed by atoms with Crippen molar-refractivity contribution in [3.05, 3.63) is 65.0 Å². The molecule has 0 atom stereocenters. The average molecular weight is 472 g/mol. The second-order valence-electron chi connectivity index (χ2n) is 8.08. The SMILES string of the molecule is CC(C)CCN(C(=O)O)C(=O)N(CCCc1ccccc1)C(=O)c1nc2cc(Cl)ccc2o1. The van der Waals surface area contributed by atoms with Gasteiger partial charge in [-0.2, -0.15) is 0 Å². The van der Waals surface area contributed by atoms with Gasteiger partial charge in [0.25, 0.3) is 5.89 Å². The Balaban J connectivity index is 1.85. The van der Waals surface area contributed by atoms with Gasteiger partial charge in [-0.15, -0.1) is 0 Å². The van der Waals surface area contributed by atoms with E-state index in [0.29, 0.717) is 40.3 Å². The van der Waals surface area contributed by atoms with Crippen LogP contribution in [0.4, 0.5) is 9.59 Å². The normalized spacial score (nSPS) is 11.0. The molecule has 9 heteroatoms. The average Bonchev–Trinajstić information content (AvgIpc) is 3.20. The molecule has 3 rings (SSSR count). The Hall–Kier alpha value is -3.39. The van der Waals surface area contributed by atoms with E-state index in [9.17, 15) is 19.5 Å². The number of aryl methyl sites for hydroxylation is 1. The number of rotatable bonds is 8. The highest BCUT2D eigenvalue weighted by Gasteiger charge is 2.33. The third-order valence-corrected chi connectivity index (χ3v) is 5.33. The van der Waals surface area contributed by atoms with Crippen molar-refractivity contribution in [3.8, 4) is 0 Å². The van der Waals surface area contributed by atoms with Gasteiger partial charge < -0.3 is 9.52 Å². The lowest BCUT2D eigenvalue weighted by atomic mass is 10.1. The highest BCUT2D eigenvalue weighted by Crippen LogP contribution is 2.21. The van der Waals surface area contributed by atoms with Crippen molar-refractivity contribution < 1.29 is 23.9 Å². The van der Waals surface area contributed by atoms with Crippen molar-refractivity contribution in [2.24, 2.45) is 5.92 Å². The lowest BCUT2D eigenvalue weighted by Crippen LogP contribution is -2.49. The summed E-state index contributed by atoms with van der Waals surface area (Å²) < 4.78 is 5.54. The van der Waals surface area contributed by atoms with Crippen molar-refractivity contribution in [2.75, 3.05) is 13.1 Å². The Bertz CT molecular complexity index is 1130. The number of carbonyl (C=O) groups excluding carboxylic acids is 2. The minimum Gasteiger partial charge on any atom is -0.465 e. The van der Waals surface area contributed by atoms with Crippen LogP contribution in [0.2, 0.25) is 5.02 Å². The summed E-state index contributed by atoms with van der Waals surface area (Å²) in [6.45, 7) is 3.85. The third-order valence-electron chi connectivity index (χ3n) is 5.09. The Labute approximate surface area is 196 Å². The maximum Gasteiger partial charge on any atom is 0.415 e. The summed E-state index contributed by atoms with van der Waals surface area (Å²) in [4.78, 5) is 44.0. The van der Waals surface area contributed by atoms with Gasteiger partial charge >= 0.3 is 18.0 Å². The fraction of sp³-hybridized carbons (Fsp3) is 0.333. The standard InChI is InChI=1S/C24H26ClN3O5/c1-16(2)12-14-28(24(31)32)23(30)27(13-6-9-17-7-4-3-5-8-17)22(29)21-26-19-15-18(25)10-11-20(19)33-21/h3-5,7-8,10-11,15-16H,6,9,12-14H2,1-2H3,(H,31,32).